The normalized spacial score (nSPS) is 11.0. The molecule has 7 heteroatoms. The van der Waals surface area contributed by atoms with Crippen LogP contribution in [0.1, 0.15) is 13.3 Å². The Labute approximate surface area is 108 Å². The van der Waals surface area contributed by atoms with E-state index in [4.69, 9.17) is 16.3 Å². The summed E-state index contributed by atoms with van der Waals surface area (Å²) in [6.45, 7) is 2.90. The number of rotatable bonds is 5. The van der Waals surface area contributed by atoms with Crippen molar-refractivity contribution in [2.45, 2.75) is 20.1 Å². The quantitative estimate of drug-likeness (QED) is 0.475. The average molecular weight is 270 g/mol. The molecule has 0 aliphatic carbocycles. The van der Waals surface area contributed by atoms with Gasteiger partial charge in [0.25, 0.3) is 5.69 Å². The first-order chi connectivity index (χ1) is 8.63. The van der Waals surface area contributed by atoms with E-state index in [1.165, 1.54) is 10.7 Å². The number of fused-ring (bicyclic) bond motifs is 1. The fraction of sp³-hybridized carbons (Fsp3) is 0.364. The summed E-state index contributed by atoms with van der Waals surface area (Å²) in [5.41, 5.74) is 0.419. The molecule has 0 aliphatic heterocycles. The number of aromatic nitrogens is 2. The molecule has 0 N–H and O–H groups in total. The Hall–Kier alpha value is -1.66. The molecular weight excluding hydrogens is 258 g/mol. The number of hydrogen-bond donors (Lipinski definition) is 0. The number of nitrogens with zero attached hydrogens (tertiary/aromatic N) is 3. The molecule has 0 bridgehead atoms. The van der Waals surface area contributed by atoms with E-state index in [-0.39, 0.29) is 17.4 Å². The molecule has 0 atom stereocenters. The van der Waals surface area contributed by atoms with Gasteiger partial charge in [0.15, 0.2) is 0 Å². The van der Waals surface area contributed by atoms with Gasteiger partial charge in [0, 0.05) is 12.8 Å². The van der Waals surface area contributed by atoms with E-state index in [9.17, 15) is 10.1 Å². The van der Waals surface area contributed by atoms with Crippen molar-refractivity contribution in [2.24, 2.45) is 0 Å². The molecule has 0 aliphatic rings. The van der Waals surface area contributed by atoms with Crippen LogP contribution in [0.25, 0.3) is 10.9 Å². The lowest BCUT2D eigenvalue weighted by molar-refractivity contribution is -0.382. The molecular formula is C11H12ClN3O3. The summed E-state index contributed by atoms with van der Waals surface area (Å²) >= 11 is 5.82. The van der Waals surface area contributed by atoms with E-state index >= 15 is 0 Å². The summed E-state index contributed by atoms with van der Waals surface area (Å²) in [4.78, 5) is 10.5. The predicted octanol–water partition coefficient (Wildman–Crippen LogP) is 2.98. The van der Waals surface area contributed by atoms with Crippen LogP contribution >= 0.6 is 11.6 Å². The van der Waals surface area contributed by atoms with Gasteiger partial charge in [0.1, 0.15) is 11.8 Å². The monoisotopic (exact) mass is 269 g/mol. The maximum atomic E-state index is 11.0. The molecule has 0 fully saturated rings. The first-order valence-corrected chi connectivity index (χ1v) is 5.89. The van der Waals surface area contributed by atoms with E-state index in [0.29, 0.717) is 17.5 Å². The predicted molar refractivity (Wildman–Crippen MR) is 67.6 cm³/mol. The molecule has 1 aromatic heterocycles. The Morgan fingerprint density at radius 3 is 3.00 bits per heavy atom. The zero-order valence-corrected chi connectivity index (χ0v) is 10.6. The summed E-state index contributed by atoms with van der Waals surface area (Å²) in [5.74, 6) is 0. The Bertz CT molecular complexity index is 582. The highest BCUT2D eigenvalue weighted by Gasteiger charge is 2.19. The first kappa shape index (κ1) is 12.8. The van der Waals surface area contributed by atoms with Crippen LogP contribution in [0.2, 0.25) is 5.02 Å². The van der Waals surface area contributed by atoms with Crippen LogP contribution in [-0.4, -0.2) is 21.3 Å². The van der Waals surface area contributed by atoms with Gasteiger partial charge >= 0.3 is 0 Å². The Kier molecular flexibility index (Phi) is 3.78. The fourth-order valence-corrected chi connectivity index (χ4v) is 1.89. The molecule has 96 valence electrons. The third-order valence-corrected chi connectivity index (χ3v) is 2.72. The van der Waals surface area contributed by atoms with Crippen molar-refractivity contribution in [3.05, 3.63) is 33.5 Å². The van der Waals surface area contributed by atoms with Gasteiger partial charge in [-0.15, -0.1) is 0 Å². The van der Waals surface area contributed by atoms with Gasteiger partial charge in [-0.05, 0) is 18.6 Å². The highest BCUT2D eigenvalue weighted by molar-refractivity contribution is 6.34. The minimum absolute atomic E-state index is 0.113. The maximum Gasteiger partial charge on any atom is 0.298 e. The van der Waals surface area contributed by atoms with E-state index in [1.807, 2.05) is 6.92 Å². The first-order valence-electron chi connectivity index (χ1n) is 5.51. The highest BCUT2D eigenvalue weighted by Crippen LogP contribution is 2.32. The van der Waals surface area contributed by atoms with Crippen LogP contribution in [-0.2, 0) is 11.5 Å². The Morgan fingerprint density at radius 2 is 2.33 bits per heavy atom. The summed E-state index contributed by atoms with van der Waals surface area (Å²) in [7, 11) is 0. The van der Waals surface area contributed by atoms with Gasteiger partial charge in [-0.25, -0.2) is 4.68 Å². The molecule has 0 unspecified atom stereocenters. The number of halogens is 1. The van der Waals surface area contributed by atoms with Crippen molar-refractivity contribution in [3.8, 4) is 0 Å². The zero-order chi connectivity index (χ0) is 13.1. The molecule has 0 spiro atoms. The van der Waals surface area contributed by atoms with Gasteiger partial charge in [-0.3, -0.25) is 10.1 Å². The standard InChI is InChI=1S/C11H12ClN3O3/c1-2-5-18-7-14-6-8-10(13-14)4-3-9(12)11(8)15(16)17/h3-4,6H,2,5,7H2,1H3. The lowest BCUT2D eigenvalue weighted by Gasteiger charge is -2.00. The summed E-state index contributed by atoms with van der Waals surface area (Å²) < 4.78 is 6.86. The van der Waals surface area contributed by atoms with Gasteiger partial charge < -0.3 is 4.74 Å². The molecule has 0 saturated carbocycles. The maximum absolute atomic E-state index is 11.0. The second kappa shape index (κ2) is 5.32. The Balaban J connectivity index is 2.38. The zero-order valence-electron chi connectivity index (χ0n) is 9.80. The minimum atomic E-state index is -0.496. The molecule has 18 heavy (non-hydrogen) atoms. The minimum Gasteiger partial charge on any atom is -0.359 e. The number of nitro benzene ring substituents is 1. The second-order valence-corrected chi connectivity index (χ2v) is 4.20. The van der Waals surface area contributed by atoms with Crippen LogP contribution < -0.4 is 0 Å². The molecule has 0 radical (unpaired) electrons. The van der Waals surface area contributed by atoms with Crippen LogP contribution in [0.5, 0.6) is 0 Å². The average Bonchev–Trinajstić information content (AvgIpc) is 2.71. The van der Waals surface area contributed by atoms with Gasteiger partial charge in [-0.2, -0.15) is 5.10 Å². The second-order valence-electron chi connectivity index (χ2n) is 3.79. The van der Waals surface area contributed by atoms with Crippen molar-refractivity contribution in [2.75, 3.05) is 6.61 Å². The van der Waals surface area contributed by atoms with Gasteiger partial charge in [0.05, 0.1) is 15.8 Å². The third kappa shape index (κ3) is 2.44. The van der Waals surface area contributed by atoms with Crippen LogP contribution in [0.4, 0.5) is 5.69 Å². The molecule has 2 rings (SSSR count). The number of hydrogen-bond acceptors (Lipinski definition) is 4. The summed E-state index contributed by atoms with van der Waals surface area (Å²) in [5, 5.41) is 15.7. The lowest BCUT2D eigenvalue weighted by Crippen LogP contribution is -2.03. The molecule has 0 saturated heterocycles. The fourth-order valence-electron chi connectivity index (χ4n) is 1.66. The summed E-state index contributed by atoms with van der Waals surface area (Å²) in [6.07, 6.45) is 2.49. The molecule has 1 aromatic carbocycles. The number of nitro groups is 1. The van der Waals surface area contributed by atoms with Crippen molar-refractivity contribution < 1.29 is 9.66 Å². The lowest BCUT2D eigenvalue weighted by atomic mass is 10.2. The topological polar surface area (TPSA) is 70.2 Å². The number of benzene rings is 1. The van der Waals surface area contributed by atoms with Crippen molar-refractivity contribution >= 4 is 28.2 Å². The van der Waals surface area contributed by atoms with Gasteiger partial charge in [-0.1, -0.05) is 18.5 Å². The van der Waals surface area contributed by atoms with E-state index in [2.05, 4.69) is 5.10 Å². The van der Waals surface area contributed by atoms with Gasteiger partial charge in [0.2, 0.25) is 0 Å². The van der Waals surface area contributed by atoms with E-state index in [0.717, 1.165) is 6.42 Å². The smallest absolute Gasteiger partial charge is 0.298 e. The van der Waals surface area contributed by atoms with E-state index in [1.54, 1.807) is 12.3 Å². The van der Waals surface area contributed by atoms with Crippen molar-refractivity contribution in [3.63, 3.8) is 0 Å². The summed E-state index contributed by atoms with van der Waals surface area (Å²) in [6, 6.07) is 3.13. The Morgan fingerprint density at radius 1 is 1.56 bits per heavy atom. The third-order valence-electron chi connectivity index (χ3n) is 2.41. The van der Waals surface area contributed by atoms with Crippen LogP contribution in [0.15, 0.2) is 18.3 Å². The molecule has 6 nitrogen and oxygen atoms in total. The van der Waals surface area contributed by atoms with Crippen LogP contribution in [0, 0.1) is 10.1 Å². The molecule has 1 heterocycles. The molecule has 0 amide bonds. The van der Waals surface area contributed by atoms with Crippen LogP contribution in [0.3, 0.4) is 0 Å². The highest BCUT2D eigenvalue weighted by atomic mass is 35.5. The van der Waals surface area contributed by atoms with Crippen molar-refractivity contribution in [1.29, 1.82) is 0 Å². The SMILES string of the molecule is CCCOCn1cc2c([N+](=O)[O-])c(Cl)ccc2n1. The largest absolute Gasteiger partial charge is 0.359 e. The van der Waals surface area contributed by atoms with E-state index < -0.39 is 4.92 Å². The van der Waals surface area contributed by atoms with Crippen molar-refractivity contribution in [1.82, 2.24) is 9.78 Å². The number of ether oxygens (including phenoxy) is 1. The molecule has 2 aromatic rings.